The number of thiophene rings is 1. The second-order valence-corrected chi connectivity index (χ2v) is 8.39. The van der Waals surface area contributed by atoms with Crippen LogP contribution in [0.5, 0.6) is 5.75 Å². The Hall–Kier alpha value is -2.83. The Labute approximate surface area is 181 Å². The lowest BCUT2D eigenvalue weighted by Crippen LogP contribution is -2.49. The summed E-state index contributed by atoms with van der Waals surface area (Å²) < 4.78 is 5.22. The number of ether oxygens (including phenoxy) is 1. The third-order valence-electron chi connectivity index (χ3n) is 5.44. The maximum atomic E-state index is 13.2. The summed E-state index contributed by atoms with van der Waals surface area (Å²) in [5.74, 6) is 0.895. The number of rotatable bonds is 7. The van der Waals surface area contributed by atoms with Gasteiger partial charge < -0.3 is 15.0 Å². The zero-order chi connectivity index (χ0) is 20.8. The molecule has 1 aliphatic rings. The first-order valence-electron chi connectivity index (χ1n) is 10.3. The normalized spacial score (nSPS) is 14.5. The molecule has 0 aliphatic carbocycles. The van der Waals surface area contributed by atoms with Crippen LogP contribution in [0.2, 0.25) is 0 Å². The smallest absolute Gasteiger partial charge is 0.256 e. The van der Waals surface area contributed by atoms with Crippen LogP contribution >= 0.6 is 11.3 Å². The van der Waals surface area contributed by atoms with Gasteiger partial charge in [-0.05, 0) is 54.3 Å². The Balaban J connectivity index is 1.36. The van der Waals surface area contributed by atoms with Crippen molar-refractivity contribution >= 4 is 28.6 Å². The number of piperazine rings is 1. The molecule has 0 bridgehead atoms. The van der Waals surface area contributed by atoms with Gasteiger partial charge in [-0.25, -0.2) is 0 Å². The van der Waals surface area contributed by atoms with Crippen molar-refractivity contribution < 1.29 is 9.53 Å². The summed E-state index contributed by atoms with van der Waals surface area (Å²) in [6, 6.07) is 19.7. The van der Waals surface area contributed by atoms with E-state index in [2.05, 4.69) is 27.7 Å². The quantitative estimate of drug-likeness (QED) is 0.610. The molecule has 30 heavy (non-hydrogen) atoms. The monoisotopic (exact) mass is 421 g/mol. The highest BCUT2D eigenvalue weighted by Gasteiger charge is 2.23. The largest absolute Gasteiger partial charge is 0.497 e. The number of hydrogen-bond acceptors (Lipinski definition) is 5. The average Bonchev–Trinajstić information content (AvgIpc) is 3.32. The van der Waals surface area contributed by atoms with E-state index in [0.717, 1.165) is 56.3 Å². The molecule has 1 saturated heterocycles. The third-order valence-corrected chi connectivity index (χ3v) is 6.38. The van der Waals surface area contributed by atoms with Crippen LogP contribution in [-0.4, -0.2) is 55.5 Å². The van der Waals surface area contributed by atoms with E-state index in [4.69, 9.17) is 4.74 Å². The molecule has 1 N–H and O–H groups in total. The van der Waals surface area contributed by atoms with Crippen LogP contribution in [0.1, 0.15) is 15.2 Å². The highest BCUT2D eigenvalue weighted by molar-refractivity contribution is 7.09. The predicted molar refractivity (Wildman–Crippen MR) is 123 cm³/mol. The molecule has 5 nitrogen and oxygen atoms in total. The van der Waals surface area contributed by atoms with Crippen LogP contribution in [0.3, 0.4) is 0 Å². The first-order valence-corrected chi connectivity index (χ1v) is 11.1. The molecule has 4 rings (SSSR count). The molecule has 0 spiro atoms. The minimum Gasteiger partial charge on any atom is -0.497 e. The third kappa shape index (κ3) is 5.01. The molecule has 2 aromatic carbocycles. The minimum absolute atomic E-state index is 0.0875. The molecule has 3 aromatic rings. The predicted octanol–water partition coefficient (Wildman–Crippen LogP) is 4.50. The molecule has 0 atom stereocenters. The maximum Gasteiger partial charge on any atom is 0.256 e. The van der Waals surface area contributed by atoms with Crippen molar-refractivity contribution in [3.05, 3.63) is 76.5 Å². The van der Waals surface area contributed by atoms with E-state index in [9.17, 15) is 4.79 Å². The molecule has 0 radical (unpaired) electrons. The van der Waals surface area contributed by atoms with E-state index >= 15 is 0 Å². The molecule has 156 valence electrons. The zero-order valence-corrected chi connectivity index (χ0v) is 18.0. The number of hydrogen-bond donors (Lipinski definition) is 1. The summed E-state index contributed by atoms with van der Waals surface area (Å²) in [5.41, 5.74) is 2.46. The van der Waals surface area contributed by atoms with Gasteiger partial charge in [-0.3, -0.25) is 9.69 Å². The topological polar surface area (TPSA) is 44.8 Å². The lowest BCUT2D eigenvalue weighted by atomic mass is 10.1. The number of methoxy groups -OCH3 is 1. The summed E-state index contributed by atoms with van der Waals surface area (Å²) >= 11 is 1.81. The van der Waals surface area contributed by atoms with Gasteiger partial charge in [-0.15, -0.1) is 11.3 Å². The lowest BCUT2D eigenvalue weighted by molar-refractivity contribution is 0.0640. The van der Waals surface area contributed by atoms with Crippen LogP contribution in [0.25, 0.3) is 0 Å². The second kappa shape index (κ2) is 9.78. The maximum absolute atomic E-state index is 13.2. The number of para-hydroxylation sites is 1. The molecular formula is C24H27N3O2S. The van der Waals surface area contributed by atoms with Gasteiger partial charge in [0.1, 0.15) is 5.75 Å². The van der Waals surface area contributed by atoms with E-state index in [1.54, 1.807) is 7.11 Å². The van der Waals surface area contributed by atoms with Crippen molar-refractivity contribution in [2.24, 2.45) is 0 Å². The van der Waals surface area contributed by atoms with E-state index in [1.165, 1.54) is 4.88 Å². The van der Waals surface area contributed by atoms with Crippen LogP contribution in [0.4, 0.5) is 11.4 Å². The van der Waals surface area contributed by atoms with Gasteiger partial charge in [0.2, 0.25) is 0 Å². The fourth-order valence-corrected chi connectivity index (χ4v) is 4.37. The van der Waals surface area contributed by atoms with Crippen molar-refractivity contribution in [2.45, 2.75) is 6.42 Å². The summed E-state index contributed by atoms with van der Waals surface area (Å²) in [5, 5.41) is 5.50. The first-order chi connectivity index (χ1) is 14.7. The Morgan fingerprint density at radius 2 is 1.77 bits per heavy atom. The number of nitrogens with zero attached hydrogens (tertiary/aromatic N) is 2. The number of carbonyl (C=O) groups excluding carboxylic acids is 1. The van der Waals surface area contributed by atoms with Crippen molar-refractivity contribution in [3.8, 4) is 5.75 Å². The standard InChI is InChI=1S/C24H27N3O2S/c1-29-20-10-8-19(9-11-20)25-23-7-3-2-6-22(23)24(28)27-16-14-26(15-17-27)13-12-21-5-4-18-30-21/h2-11,18,25H,12-17H2,1H3. The Kier molecular flexibility index (Phi) is 6.67. The summed E-state index contributed by atoms with van der Waals surface area (Å²) in [4.78, 5) is 19.1. The van der Waals surface area contributed by atoms with Crippen LogP contribution in [-0.2, 0) is 6.42 Å². The highest BCUT2D eigenvalue weighted by Crippen LogP contribution is 2.24. The van der Waals surface area contributed by atoms with Crippen molar-refractivity contribution in [2.75, 3.05) is 45.2 Å². The fourth-order valence-electron chi connectivity index (χ4n) is 3.68. The number of carbonyl (C=O) groups is 1. The van der Waals surface area contributed by atoms with Crippen molar-refractivity contribution in [1.82, 2.24) is 9.80 Å². The number of anilines is 2. The fraction of sp³-hybridized carbons (Fsp3) is 0.292. The van der Waals surface area contributed by atoms with Crippen molar-refractivity contribution in [1.29, 1.82) is 0 Å². The molecule has 2 heterocycles. The zero-order valence-electron chi connectivity index (χ0n) is 17.2. The first kappa shape index (κ1) is 20.4. The molecule has 0 saturated carbocycles. The van der Waals surface area contributed by atoms with Crippen LogP contribution < -0.4 is 10.1 Å². The minimum atomic E-state index is 0.0875. The number of amides is 1. The van der Waals surface area contributed by atoms with Gasteiger partial charge in [-0.2, -0.15) is 0 Å². The Bertz CT molecular complexity index is 949. The van der Waals surface area contributed by atoms with E-state index in [1.807, 2.05) is 64.8 Å². The van der Waals surface area contributed by atoms with Crippen molar-refractivity contribution in [3.63, 3.8) is 0 Å². The van der Waals surface area contributed by atoms with Gasteiger partial charge in [0.05, 0.1) is 18.4 Å². The second-order valence-electron chi connectivity index (χ2n) is 7.36. The SMILES string of the molecule is COc1ccc(Nc2ccccc2C(=O)N2CCN(CCc3cccs3)CC2)cc1. The van der Waals surface area contributed by atoms with Gasteiger partial charge in [0, 0.05) is 43.3 Å². The van der Waals surface area contributed by atoms with Gasteiger partial charge >= 0.3 is 0 Å². The molecule has 1 amide bonds. The Morgan fingerprint density at radius 1 is 1.00 bits per heavy atom. The highest BCUT2D eigenvalue weighted by atomic mass is 32.1. The average molecular weight is 422 g/mol. The van der Waals surface area contributed by atoms with Gasteiger partial charge in [-0.1, -0.05) is 18.2 Å². The number of benzene rings is 2. The molecule has 0 unspecified atom stereocenters. The summed E-state index contributed by atoms with van der Waals surface area (Å²) in [6.07, 6.45) is 1.08. The molecule has 1 fully saturated rings. The van der Waals surface area contributed by atoms with Crippen LogP contribution in [0, 0.1) is 0 Å². The molecule has 1 aliphatic heterocycles. The molecular weight excluding hydrogens is 394 g/mol. The lowest BCUT2D eigenvalue weighted by Gasteiger charge is -2.35. The van der Waals surface area contributed by atoms with Gasteiger partial charge in [0.15, 0.2) is 0 Å². The molecule has 6 heteroatoms. The van der Waals surface area contributed by atoms with Crippen LogP contribution in [0.15, 0.2) is 66.0 Å². The summed E-state index contributed by atoms with van der Waals surface area (Å²) in [7, 11) is 1.65. The van der Waals surface area contributed by atoms with E-state index in [0.29, 0.717) is 5.56 Å². The molecule has 1 aromatic heterocycles. The van der Waals surface area contributed by atoms with E-state index in [-0.39, 0.29) is 5.91 Å². The number of nitrogens with one attached hydrogen (secondary N) is 1. The summed E-state index contributed by atoms with van der Waals surface area (Å²) in [6.45, 7) is 4.43. The van der Waals surface area contributed by atoms with E-state index < -0.39 is 0 Å². The Morgan fingerprint density at radius 3 is 2.47 bits per heavy atom. The van der Waals surface area contributed by atoms with Gasteiger partial charge in [0.25, 0.3) is 5.91 Å².